The molecule has 0 unspecified atom stereocenters. The molecule has 0 fully saturated rings. The molecule has 2 aromatic heterocycles. The monoisotopic (exact) mass is 553 g/mol. The molecule has 2 aromatic rings. The summed E-state index contributed by atoms with van der Waals surface area (Å²) in [6.07, 6.45) is 4.23. The van der Waals surface area contributed by atoms with Gasteiger partial charge in [-0.25, -0.2) is 16.8 Å². The summed E-state index contributed by atoms with van der Waals surface area (Å²) in [5, 5.41) is 0. The first kappa shape index (κ1) is 56.8. The van der Waals surface area contributed by atoms with Crippen molar-refractivity contribution in [2.45, 2.75) is 9.79 Å². The van der Waals surface area contributed by atoms with E-state index in [2.05, 4.69) is 9.97 Å². The molecule has 2 heterocycles. The number of aromatic nitrogens is 2. The molecule has 0 aromatic carbocycles. The number of rotatable bonds is 2. The van der Waals surface area contributed by atoms with Crippen LogP contribution in [0, 0.1) is 0 Å². The van der Waals surface area contributed by atoms with E-state index in [1.54, 1.807) is 0 Å². The van der Waals surface area contributed by atoms with Gasteiger partial charge in [-0.2, -0.15) is 0 Å². The fraction of sp³-hybridized carbons (Fsp3) is 0. The number of hydrogen-bond donors (Lipinski definition) is 2. The molecule has 191 valence electrons. The molecule has 2 rings (SSSR count). The summed E-state index contributed by atoms with van der Waals surface area (Å²) in [4.78, 5) is 24.5. The first-order valence-electron chi connectivity index (χ1n) is 5.29. The summed E-state index contributed by atoms with van der Waals surface area (Å²) in [5.74, 6) is 0. The molecule has 1 radical (unpaired) electrons. The molecule has 0 atom stereocenters. The largest absolute Gasteiger partial charge is 2.00 e. The fourth-order valence-corrected chi connectivity index (χ4v) is 2.25. The Balaban J connectivity index is -0.0000000346. The van der Waals surface area contributed by atoms with Crippen molar-refractivity contribution < 1.29 is 86.5 Å². The summed E-state index contributed by atoms with van der Waals surface area (Å²) in [5.41, 5.74) is -1.59. The van der Waals surface area contributed by atoms with Crippen LogP contribution < -0.4 is 10.9 Å². The third-order valence-electron chi connectivity index (χ3n) is 2.12. The number of H-pyrrole nitrogens is 2. The van der Waals surface area contributed by atoms with E-state index in [-0.39, 0.29) is 60.6 Å². The molecule has 18 nitrogen and oxygen atoms in total. The van der Waals surface area contributed by atoms with Crippen molar-refractivity contribution in [2.75, 3.05) is 0 Å². The first-order valence-corrected chi connectivity index (χ1v) is 8.11. The Morgan fingerprint density at radius 3 is 0.968 bits per heavy atom. The second-order valence-corrected chi connectivity index (χ2v) is 6.35. The van der Waals surface area contributed by atoms with Crippen LogP contribution in [0.3, 0.4) is 0 Å². The maximum atomic E-state index is 10.7. The van der Waals surface area contributed by atoms with Crippen LogP contribution in [0.4, 0.5) is 0 Å². The summed E-state index contributed by atoms with van der Waals surface area (Å²) in [6, 6.07) is 1.95. The van der Waals surface area contributed by atoms with Crippen LogP contribution in [0.1, 0.15) is 0 Å². The van der Waals surface area contributed by atoms with Gasteiger partial charge in [0.1, 0.15) is 30.0 Å². The van der Waals surface area contributed by atoms with Crippen molar-refractivity contribution in [1.82, 2.24) is 9.97 Å². The summed E-state index contributed by atoms with van der Waals surface area (Å²) >= 11 is 0. The summed E-state index contributed by atoms with van der Waals surface area (Å²) in [6.45, 7) is 0. The molecule has 0 aliphatic carbocycles. The molecule has 21 heteroatoms. The van der Waals surface area contributed by atoms with Gasteiger partial charge in [0, 0.05) is 36.9 Å². The molecule has 0 spiro atoms. The first-order chi connectivity index (χ1) is 10.0. The number of pyridine rings is 2. The van der Waals surface area contributed by atoms with E-state index in [0.29, 0.717) is 0 Å². The topological polar surface area (TPSA) is 435 Å². The predicted molar refractivity (Wildman–Crippen MR) is 101 cm³/mol. The zero-order valence-electron chi connectivity index (χ0n) is 15.0. The van der Waals surface area contributed by atoms with Gasteiger partial charge in [0.2, 0.25) is 0 Å². The molecule has 31 heavy (non-hydrogen) atoms. The zero-order valence-corrected chi connectivity index (χ0v) is 17.7. The van der Waals surface area contributed by atoms with Crippen molar-refractivity contribution in [1.29, 1.82) is 0 Å². The Morgan fingerprint density at radius 1 is 0.613 bits per heavy atom. The van der Waals surface area contributed by atoms with Crippen molar-refractivity contribution in [3.05, 3.63) is 57.4 Å². The van der Waals surface area contributed by atoms with Crippen LogP contribution in [0.5, 0.6) is 0 Å². The Hall–Kier alpha value is -2.09. The van der Waals surface area contributed by atoms with E-state index in [1.807, 2.05) is 0 Å². The summed E-state index contributed by atoms with van der Waals surface area (Å²) < 4.78 is 61.7. The molecular weight excluding hydrogens is 527 g/mol. The van der Waals surface area contributed by atoms with Crippen LogP contribution in [0.25, 0.3) is 0 Å². The maximum absolute atomic E-state index is 10.7. The van der Waals surface area contributed by atoms with Crippen LogP contribution >= 0.6 is 0 Å². The van der Waals surface area contributed by atoms with Gasteiger partial charge in [0.05, 0.1) is 0 Å². The third kappa shape index (κ3) is 18.4. The number of hydrogen-bond acceptors (Lipinski definition) is 8. The van der Waals surface area contributed by atoms with Crippen LogP contribution in [0.2, 0.25) is 0 Å². The Bertz CT molecular complexity index is 906. The Labute approximate surface area is 184 Å². The molecule has 0 aliphatic rings. The molecule has 0 bridgehead atoms. The minimum Gasteiger partial charge on any atom is -0.744 e. The van der Waals surface area contributed by atoms with Crippen molar-refractivity contribution in [3.63, 3.8) is 0 Å². The minimum absolute atomic E-state index is 0. The zero-order chi connectivity index (χ0) is 17.0. The third-order valence-corrected chi connectivity index (χ3v) is 3.83. The van der Waals surface area contributed by atoms with E-state index in [4.69, 9.17) is 0 Å². The van der Waals surface area contributed by atoms with E-state index in [9.17, 15) is 35.5 Å². The molecule has 0 amide bonds. The smallest absolute Gasteiger partial charge is 0.744 e. The SMILES string of the molecule is O.O.O.O.O.O.O=c1cc[nH]cc1S(=O)(=O)[O-].O=c1cc[nH]cc1S(=O)(=O)[O-].[Co+2].[OH3+].[OH3+]. The standard InChI is InChI=1S/2C5H5NO4S.Co.8H2O/c2*7-4-1-2-6-3-5(4)11(8,9)10;;;;;;;;;/h2*1-3H,(H,6,7)(H,8,9,10);;8*1H2/q;;+2;;;;;;;;. The van der Waals surface area contributed by atoms with Gasteiger partial charge in [-0.1, -0.05) is 0 Å². The second kappa shape index (κ2) is 22.6. The van der Waals surface area contributed by atoms with Gasteiger partial charge >= 0.3 is 16.8 Å². The molecule has 20 N–H and O–H groups in total. The average molecular weight is 553 g/mol. The van der Waals surface area contributed by atoms with E-state index in [0.717, 1.165) is 24.5 Å². The van der Waals surface area contributed by atoms with Crippen LogP contribution in [-0.2, 0) is 48.0 Å². The van der Waals surface area contributed by atoms with Gasteiger partial charge < -0.3 is 62.9 Å². The van der Waals surface area contributed by atoms with Gasteiger partial charge in [0.25, 0.3) is 0 Å². The average Bonchev–Trinajstić information content (AvgIpc) is 2.37. The van der Waals surface area contributed by atoms with Crippen LogP contribution in [-0.4, -0.2) is 68.8 Å². The Kier molecular flexibility index (Phi) is 41.4. The molecular formula is C10H26CoN2O16S2+2. The fourth-order valence-electron chi connectivity index (χ4n) is 1.19. The van der Waals surface area contributed by atoms with Crippen molar-refractivity contribution >= 4 is 20.2 Å². The van der Waals surface area contributed by atoms with E-state index < -0.39 is 40.9 Å². The molecule has 0 saturated heterocycles. The normalized spacial score (nSPS) is 8.06. The number of aromatic amines is 2. The van der Waals surface area contributed by atoms with Gasteiger partial charge in [-0.15, -0.1) is 0 Å². The Morgan fingerprint density at radius 2 is 0.839 bits per heavy atom. The van der Waals surface area contributed by atoms with Crippen molar-refractivity contribution in [3.8, 4) is 0 Å². The number of nitrogens with one attached hydrogen (secondary N) is 2. The van der Waals surface area contributed by atoms with Crippen molar-refractivity contribution in [2.24, 2.45) is 0 Å². The predicted octanol–water partition coefficient (Wildman–Crippen LogP) is -8.24. The maximum Gasteiger partial charge on any atom is 2.00 e. The van der Waals surface area contributed by atoms with Gasteiger partial charge in [0.15, 0.2) is 10.9 Å². The van der Waals surface area contributed by atoms with E-state index in [1.165, 1.54) is 12.4 Å². The molecule has 0 aliphatic heterocycles. The van der Waals surface area contributed by atoms with Gasteiger partial charge in [-0.05, 0) is 0 Å². The minimum atomic E-state index is -4.63. The van der Waals surface area contributed by atoms with E-state index >= 15 is 0 Å². The van der Waals surface area contributed by atoms with Crippen LogP contribution in [0.15, 0.2) is 56.3 Å². The summed E-state index contributed by atoms with van der Waals surface area (Å²) in [7, 11) is -9.25. The quantitative estimate of drug-likeness (QED) is 0.265. The molecule has 0 saturated carbocycles. The van der Waals surface area contributed by atoms with Gasteiger partial charge in [-0.3, -0.25) is 9.59 Å². The second-order valence-electron chi connectivity index (χ2n) is 3.65.